The molecule has 3 heteroatoms. The number of rotatable bonds is 5. The molecule has 0 aliphatic carbocycles. The average molecular weight is 206 g/mol. The molecular weight excluding hydrogens is 188 g/mol. The highest BCUT2D eigenvalue weighted by Gasteiger charge is 2.14. The number of nitrogens with zero attached hydrogens (tertiary/aromatic N) is 1. The fourth-order valence-corrected chi connectivity index (χ4v) is 1.83. The van der Waals surface area contributed by atoms with Crippen LogP contribution < -0.4 is 5.32 Å². The Morgan fingerprint density at radius 1 is 1.53 bits per heavy atom. The van der Waals surface area contributed by atoms with Crippen molar-refractivity contribution in [3.8, 4) is 0 Å². The first-order valence-corrected chi connectivity index (χ1v) is 5.62. The van der Waals surface area contributed by atoms with Crippen LogP contribution in [0.2, 0.25) is 0 Å². The summed E-state index contributed by atoms with van der Waals surface area (Å²) in [5.74, 6) is 0.721. The molecular formula is C12H18N2O. The lowest BCUT2D eigenvalue weighted by Gasteiger charge is -2.08. The van der Waals surface area contributed by atoms with Crippen molar-refractivity contribution in [1.82, 2.24) is 10.3 Å². The van der Waals surface area contributed by atoms with E-state index in [0.29, 0.717) is 0 Å². The second kappa shape index (κ2) is 5.83. The summed E-state index contributed by atoms with van der Waals surface area (Å²) in [5.41, 5.74) is 1.30. The van der Waals surface area contributed by atoms with Crippen molar-refractivity contribution in [2.45, 2.75) is 12.8 Å². The molecule has 1 aliphatic heterocycles. The minimum absolute atomic E-state index is 0.721. The van der Waals surface area contributed by atoms with Crippen molar-refractivity contribution < 1.29 is 4.74 Å². The lowest BCUT2D eigenvalue weighted by Crippen LogP contribution is -2.25. The molecule has 1 atom stereocenters. The van der Waals surface area contributed by atoms with Crippen molar-refractivity contribution in [1.29, 1.82) is 0 Å². The molecule has 0 spiro atoms. The molecule has 15 heavy (non-hydrogen) atoms. The van der Waals surface area contributed by atoms with Gasteiger partial charge in [0.05, 0.1) is 6.61 Å². The number of nitrogens with one attached hydrogen (secondary N) is 1. The van der Waals surface area contributed by atoms with Crippen molar-refractivity contribution in [3.05, 3.63) is 30.1 Å². The van der Waals surface area contributed by atoms with Crippen LogP contribution in [0.15, 0.2) is 24.5 Å². The smallest absolute Gasteiger partial charge is 0.0507 e. The number of ether oxygens (including phenoxy) is 1. The summed E-state index contributed by atoms with van der Waals surface area (Å²) >= 11 is 0. The summed E-state index contributed by atoms with van der Waals surface area (Å²) in [6.45, 7) is 3.98. The Bertz CT molecular complexity index is 270. The zero-order chi connectivity index (χ0) is 10.3. The van der Waals surface area contributed by atoms with Crippen LogP contribution in [0.5, 0.6) is 0 Å². The van der Waals surface area contributed by atoms with Crippen LogP contribution >= 0.6 is 0 Å². The first-order valence-electron chi connectivity index (χ1n) is 5.62. The largest absolute Gasteiger partial charge is 0.381 e. The molecule has 0 bridgehead atoms. The molecule has 0 saturated carbocycles. The van der Waals surface area contributed by atoms with Gasteiger partial charge in [0.2, 0.25) is 0 Å². The van der Waals surface area contributed by atoms with Gasteiger partial charge in [-0.05, 0) is 36.9 Å². The predicted molar refractivity (Wildman–Crippen MR) is 59.7 cm³/mol. The standard InChI is InChI=1S/C12H18N2O/c1-2-11(8-13-5-1)3-6-14-9-12-4-7-15-10-12/h1-2,5,8,12,14H,3-4,6-7,9-10H2. The molecule has 1 aliphatic rings. The summed E-state index contributed by atoms with van der Waals surface area (Å²) in [5, 5.41) is 3.47. The molecule has 82 valence electrons. The third-order valence-electron chi connectivity index (χ3n) is 2.77. The van der Waals surface area contributed by atoms with Gasteiger partial charge in [-0.25, -0.2) is 0 Å². The third-order valence-corrected chi connectivity index (χ3v) is 2.77. The van der Waals surface area contributed by atoms with Gasteiger partial charge in [-0.15, -0.1) is 0 Å². The first kappa shape index (κ1) is 10.6. The van der Waals surface area contributed by atoms with Crippen molar-refractivity contribution in [2.75, 3.05) is 26.3 Å². The van der Waals surface area contributed by atoms with Crippen LogP contribution in [0.3, 0.4) is 0 Å². The van der Waals surface area contributed by atoms with E-state index in [4.69, 9.17) is 4.74 Å². The fraction of sp³-hybridized carbons (Fsp3) is 0.583. The maximum absolute atomic E-state index is 5.32. The van der Waals surface area contributed by atoms with Gasteiger partial charge in [-0.2, -0.15) is 0 Å². The maximum Gasteiger partial charge on any atom is 0.0507 e. The Hall–Kier alpha value is -0.930. The molecule has 2 heterocycles. The monoisotopic (exact) mass is 206 g/mol. The molecule has 0 radical (unpaired) electrons. The Morgan fingerprint density at radius 2 is 2.53 bits per heavy atom. The lowest BCUT2D eigenvalue weighted by atomic mass is 10.1. The van der Waals surface area contributed by atoms with Crippen molar-refractivity contribution >= 4 is 0 Å². The van der Waals surface area contributed by atoms with E-state index in [1.54, 1.807) is 0 Å². The van der Waals surface area contributed by atoms with E-state index in [0.717, 1.165) is 38.6 Å². The Kier molecular flexibility index (Phi) is 4.11. The zero-order valence-electron chi connectivity index (χ0n) is 8.98. The third kappa shape index (κ3) is 3.61. The van der Waals surface area contributed by atoms with E-state index >= 15 is 0 Å². The molecule has 0 aromatic carbocycles. The predicted octanol–water partition coefficient (Wildman–Crippen LogP) is 1.25. The van der Waals surface area contributed by atoms with E-state index in [2.05, 4.69) is 16.4 Å². The minimum Gasteiger partial charge on any atom is -0.381 e. The van der Waals surface area contributed by atoms with Crippen molar-refractivity contribution in [2.24, 2.45) is 5.92 Å². The van der Waals surface area contributed by atoms with Gasteiger partial charge < -0.3 is 10.1 Å². The number of pyridine rings is 1. The van der Waals surface area contributed by atoms with E-state index in [1.165, 1.54) is 12.0 Å². The van der Waals surface area contributed by atoms with Crippen LogP contribution in [0.1, 0.15) is 12.0 Å². The Morgan fingerprint density at radius 3 is 3.27 bits per heavy atom. The van der Waals surface area contributed by atoms with Gasteiger partial charge in [0, 0.05) is 25.5 Å². The molecule has 1 unspecified atom stereocenters. The first-order chi connectivity index (χ1) is 7.45. The zero-order valence-corrected chi connectivity index (χ0v) is 8.98. The summed E-state index contributed by atoms with van der Waals surface area (Å²) in [6.07, 6.45) is 6.01. The molecule has 1 fully saturated rings. The molecule has 1 aromatic heterocycles. The van der Waals surface area contributed by atoms with Crippen LogP contribution in [0.4, 0.5) is 0 Å². The van der Waals surface area contributed by atoms with Gasteiger partial charge >= 0.3 is 0 Å². The van der Waals surface area contributed by atoms with Crippen molar-refractivity contribution in [3.63, 3.8) is 0 Å². The molecule has 1 N–H and O–H groups in total. The quantitative estimate of drug-likeness (QED) is 0.736. The lowest BCUT2D eigenvalue weighted by molar-refractivity contribution is 0.185. The van der Waals surface area contributed by atoms with Gasteiger partial charge in [0.25, 0.3) is 0 Å². The van der Waals surface area contributed by atoms with Gasteiger partial charge in [0.1, 0.15) is 0 Å². The van der Waals surface area contributed by atoms with Crippen LogP contribution in [-0.4, -0.2) is 31.3 Å². The van der Waals surface area contributed by atoms with Gasteiger partial charge in [-0.1, -0.05) is 6.07 Å². The Balaban J connectivity index is 1.59. The second-order valence-electron chi connectivity index (χ2n) is 4.05. The van der Waals surface area contributed by atoms with Gasteiger partial charge in [0.15, 0.2) is 0 Å². The molecule has 0 amide bonds. The highest BCUT2D eigenvalue weighted by molar-refractivity contribution is 5.08. The molecule has 2 rings (SSSR count). The van der Waals surface area contributed by atoms with E-state index in [9.17, 15) is 0 Å². The number of hydrogen-bond donors (Lipinski definition) is 1. The maximum atomic E-state index is 5.32. The molecule has 3 nitrogen and oxygen atoms in total. The van der Waals surface area contributed by atoms with Crippen LogP contribution in [0, 0.1) is 5.92 Å². The summed E-state index contributed by atoms with van der Waals surface area (Å²) in [6, 6.07) is 4.10. The summed E-state index contributed by atoms with van der Waals surface area (Å²) < 4.78 is 5.32. The van der Waals surface area contributed by atoms with E-state index in [1.807, 2.05) is 18.5 Å². The summed E-state index contributed by atoms with van der Waals surface area (Å²) in [4.78, 5) is 4.09. The van der Waals surface area contributed by atoms with E-state index in [-0.39, 0.29) is 0 Å². The highest BCUT2D eigenvalue weighted by atomic mass is 16.5. The topological polar surface area (TPSA) is 34.2 Å². The minimum atomic E-state index is 0.721. The molecule has 1 aromatic rings. The fourth-order valence-electron chi connectivity index (χ4n) is 1.83. The number of hydrogen-bond acceptors (Lipinski definition) is 3. The SMILES string of the molecule is c1cncc(CCNCC2CCOC2)c1. The summed E-state index contributed by atoms with van der Waals surface area (Å²) in [7, 11) is 0. The molecule has 1 saturated heterocycles. The van der Waals surface area contributed by atoms with Gasteiger partial charge in [-0.3, -0.25) is 4.98 Å². The van der Waals surface area contributed by atoms with E-state index < -0.39 is 0 Å². The number of aromatic nitrogens is 1. The Labute approximate surface area is 90.9 Å². The van der Waals surface area contributed by atoms with Crippen LogP contribution in [0.25, 0.3) is 0 Å². The average Bonchev–Trinajstić information content (AvgIpc) is 2.79. The second-order valence-corrected chi connectivity index (χ2v) is 4.05. The normalized spacial score (nSPS) is 20.7. The highest BCUT2D eigenvalue weighted by Crippen LogP contribution is 2.10. The van der Waals surface area contributed by atoms with Crippen LogP contribution in [-0.2, 0) is 11.2 Å².